The number of nitrogens with one attached hydrogen (secondary N) is 9. The molecule has 0 bridgehead atoms. The highest BCUT2D eigenvalue weighted by molar-refractivity contribution is 5.95. The first-order valence-electron chi connectivity index (χ1n) is 13.9. The van der Waals surface area contributed by atoms with Crippen molar-refractivity contribution in [2.75, 3.05) is 59.1 Å². The van der Waals surface area contributed by atoms with Crippen LogP contribution in [-0.4, -0.2) is 163 Å². The molecule has 0 aliphatic rings. The van der Waals surface area contributed by atoms with Gasteiger partial charge in [0.05, 0.1) is 59.1 Å². The molecule has 15 N–H and O–H groups in total. The third-order valence-corrected chi connectivity index (χ3v) is 5.61. The number of amides is 9. The summed E-state index contributed by atoms with van der Waals surface area (Å²) < 4.78 is 0. The van der Waals surface area contributed by atoms with E-state index in [1.165, 1.54) is 6.92 Å². The second-order valence-corrected chi connectivity index (χ2v) is 9.45. The highest BCUT2D eigenvalue weighted by Crippen LogP contribution is 1.91. The number of hydrogen-bond acceptors (Lipinski definition) is 14. The van der Waals surface area contributed by atoms with Crippen LogP contribution in [0.3, 0.4) is 0 Å². The Bertz CT molecular complexity index is 1200. The van der Waals surface area contributed by atoms with Gasteiger partial charge in [-0.25, -0.2) is 4.79 Å². The number of carboxylic acid groups (broad SMARTS) is 1. The first-order chi connectivity index (χ1) is 22.6. The number of nitrogens with two attached hydrogens (primary N) is 1. The summed E-state index contributed by atoms with van der Waals surface area (Å²) in [6.45, 7) is -5.04. The van der Waals surface area contributed by atoms with Crippen molar-refractivity contribution < 1.29 is 68.4 Å². The van der Waals surface area contributed by atoms with E-state index in [9.17, 15) is 58.2 Å². The molecule has 0 saturated carbocycles. The van der Waals surface area contributed by atoms with Crippen LogP contribution < -0.4 is 53.6 Å². The van der Waals surface area contributed by atoms with E-state index in [4.69, 9.17) is 15.9 Å². The first-order valence-corrected chi connectivity index (χ1v) is 13.9. The van der Waals surface area contributed by atoms with Crippen LogP contribution >= 0.6 is 0 Å². The van der Waals surface area contributed by atoms with Gasteiger partial charge < -0.3 is 74.0 Å². The normalized spacial score (nSPS) is 12.8. The monoisotopic (exact) mass is 692 g/mol. The largest absolute Gasteiger partial charge is 0.480 e. The van der Waals surface area contributed by atoms with Crippen molar-refractivity contribution in [3.8, 4) is 0 Å². The van der Waals surface area contributed by atoms with Crippen LogP contribution in [0.5, 0.6) is 0 Å². The zero-order valence-corrected chi connectivity index (χ0v) is 25.6. The van der Waals surface area contributed by atoms with Crippen LogP contribution in [0.2, 0.25) is 0 Å². The summed E-state index contributed by atoms with van der Waals surface area (Å²) in [6.07, 6.45) is 0. The molecule has 0 aliphatic heterocycles. The molecule has 0 rings (SSSR count). The summed E-state index contributed by atoms with van der Waals surface area (Å²) in [6, 6.07) is -6.05. The van der Waals surface area contributed by atoms with Crippen LogP contribution in [-0.2, 0) is 47.9 Å². The summed E-state index contributed by atoms with van der Waals surface area (Å²) in [5.41, 5.74) is 5.07. The minimum atomic E-state index is -1.63. The van der Waals surface area contributed by atoms with Gasteiger partial charge in [0.2, 0.25) is 53.2 Å². The van der Waals surface area contributed by atoms with Gasteiger partial charge in [0.25, 0.3) is 0 Å². The van der Waals surface area contributed by atoms with Gasteiger partial charge in [-0.3, -0.25) is 43.2 Å². The minimum absolute atomic E-state index is 0.345. The van der Waals surface area contributed by atoms with Gasteiger partial charge in [-0.05, 0) is 6.92 Å². The van der Waals surface area contributed by atoms with E-state index < -0.39 is 136 Å². The van der Waals surface area contributed by atoms with Gasteiger partial charge in [-0.1, -0.05) is 0 Å². The quantitative estimate of drug-likeness (QED) is 0.0501. The van der Waals surface area contributed by atoms with E-state index in [1.807, 2.05) is 5.32 Å². The molecule has 48 heavy (non-hydrogen) atoms. The molecule has 0 aromatic carbocycles. The van der Waals surface area contributed by atoms with Crippen molar-refractivity contribution >= 4 is 59.1 Å². The Morgan fingerprint density at radius 3 is 1.25 bits per heavy atom. The molecule has 0 saturated heterocycles. The van der Waals surface area contributed by atoms with E-state index in [0.717, 1.165) is 0 Å². The Morgan fingerprint density at radius 2 is 0.854 bits per heavy atom. The summed E-state index contributed by atoms with van der Waals surface area (Å²) in [7, 11) is 0. The maximum atomic E-state index is 12.3. The molecular formula is C24H40N10O14. The predicted octanol–water partition coefficient (Wildman–Crippen LogP) is -10.5. The van der Waals surface area contributed by atoms with E-state index in [0.29, 0.717) is 0 Å². The van der Waals surface area contributed by atoms with Crippen LogP contribution in [0.4, 0.5) is 0 Å². The zero-order chi connectivity index (χ0) is 36.8. The molecule has 24 nitrogen and oxygen atoms in total. The van der Waals surface area contributed by atoms with Gasteiger partial charge in [-0.2, -0.15) is 0 Å². The van der Waals surface area contributed by atoms with E-state index >= 15 is 0 Å². The molecule has 0 aromatic heterocycles. The van der Waals surface area contributed by atoms with E-state index in [1.54, 1.807) is 0 Å². The summed E-state index contributed by atoms with van der Waals surface area (Å²) in [5, 5.41) is 55.6. The van der Waals surface area contributed by atoms with Crippen LogP contribution in [0.15, 0.2) is 0 Å². The van der Waals surface area contributed by atoms with Crippen LogP contribution in [0.25, 0.3) is 0 Å². The molecule has 0 unspecified atom stereocenters. The van der Waals surface area contributed by atoms with E-state index in [-0.39, 0.29) is 6.54 Å². The number of aliphatic carboxylic acids is 1. The lowest BCUT2D eigenvalue weighted by Gasteiger charge is -2.21. The fourth-order valence-corrected chi connectivity index (χ4v) is 3.01. The molecule has 0 aromatic rings. The maximum absolute atomic E-state index is 12.3. The van der Waals surface area contributed by atoms with Gasteiger partial charge in [-0.15, -0.1) is 0 Å². The summed E-state index contributed by atoms with van der Waals surface area (Å²) in [4.78, 5) is 118. The zero-order valence-electron chi connectivity index (χ0n) is 25.6. The SMILES string of the molecule is C[C@H](NC(=O)[C@H](CO)NC(=O)CNC(=O)CNC(=O)CNC(=O)[C@H](CO)NC(=O)CNC(=O)CNC(=O)CN)C(=O)N[C@@H](CO)C(=O)O. The average Bonchev–Trinajstić information content (AvgIpc) is 3.06. The molecule has 24 heteroatoms. The third-order valence-electron chi connectivity index (χ3n) is 5.61. The van der Waals surface area contributed by atoms with Crippen molar-refractivity contribution in [1.82, 2.24) is 47.9 Å². The Kier molecular flexibility index (Phi) is 20.3. The van der Waals surface area contributed by atoms with Crippen molar-refractivity contribution in [1.29, 1.82) is 0 Å². The second-order valence-electron chi connectivity index (χ2n) is 9.45. The van der Waals surface area contributed by atoms with Gasteiger partial charge in [0.1, 0.15) is 24.2 Å². The molecule has 0 spiro atoms. The van der Waals surface area contributed by atoms with Crippen LogP contribution in [0.1, 0.15) is 6.92 Å². The number of carbonyl (C=O) groups excluding carboxylic acids is 9. The topological polar surface area (TPSA) is 386 Å². The number of aliphatic hydroxyl groups excluding tert-OH is 3. The third kappa shape index (κ3) is 17.9. The lowest BCUT2D eigenvalue weighted by molar-refractivity contribution is -0.143. The highest BCUT2D eigenvalue weighted by atomic mass is 16.4. The number of carboxylic acids is 1. The standard InChI is InChI=1S/C24H40N10O14/c1-11(21(44)34-14(10-37)24(47)48)31-23(46)13(9-36)33-20(43)7-29-17(40)4-27-18(41)5-30-22(45)12(8-35)32-19(42)6-28-16(39)3-26-15(38)2-25/h11-14,35-37H,2-10,25H2,1H3,(H,26,38)(H,27,41)(H,28,39)(H,29,40)(H,30,45)(H,31,46)(H,32,42)(H,33,43)(H,34,44)(H,47,48)/t11-,12-,13-,14-/m0/s1. The Balaban J connectivity index is 4.51. The van der Waals surface area contributed by atoms with Crippen molar-refractivity contribution in [2.45, 2.75) is 31.1 Å². The maximum Gasteiger partial charge on any atom is 0.328 e. The Morgan fingerprint density at radius 1 is 0.479 bits per heavy atom. The lowest BCUT2D eigenvalue weighted by atomic mass is 10.2. The first kappa shape index (κ1) is 42.5. The molecule has 0 radical (unpaired) electrons. The van der Waals surface area contributed by atoms with Crippen LogP contribution in [0, 0.1) is 0 Å². The van der Waals surface area contributed by atoms with Gasteiger partial charge in [0.15, 0.2) is 0 Å². The van der Waals surface area contributed by atoms with Crippen molar-refractivity contribution in [3.63, 3.8) is 0 Å². The number of hydrogen-bond donors (Lipinski definition) is 14. The molecule has 0 fully saturated rings. The summed E-state index contributed by atoms with van der Waals surface area (Å²) >= 11 is 0. The molecule has 9 amide bonds. The molecular weight excluding hydrogens is 652 g/mol. The van der Waals surface area contributed by atoms with Gasteiger partial charge >= 0.3 is 5.97 Å². The number of carbonyl (C=O) groups is 10. The smallest absolute Gasteiger partial charge is 0.328 e. The summed E-state index contributed by atoms with van der Waals surface area (Å²) in [5.74, 6) is -9.49. The highest BCUT2D eigenvalue weighted by Gasteiger charge is 2.27. The lowest BCUT2D eigenvalue weighted by Crippen LogP contribution is -2.57. The van der Waals surface area contributed by atoms with Gasteiger partial charge in [0, 0.05) is 0 Å². The number of rotatable bonds is 22. The molecule has 0 heterocycles. The average molecular weight is 693 g/mol. The Hall–Kier alpha value is -5.46. The fraction of sp³-hybridized carbons (Fsp3) is 0.583. The van der Waals surface area contributed by atoms with E-state index in [2.05, 4.69) is 42.5 Å². The second kappa shape index (κ2) is 23.0. The predicted molar refractivity (Wildman–Crippen MR) is 156 cm³/mol. The molecule has 0 aliphatic carbocycles. The minimum Gasteiger partial charge on any atom is -0.480 e. The molecule has 270 valence electrons. The van der Waals surface area contributed by atoms with Crippen molar-refractivity contribution in [3.05, 3.63) is 0 Å². The molecule has 4 atom stereocenters. The fourth-order valence-electron chi connectivity index (χ4n) is 3.01. The number of aliphatic hydroxyl groups is 3. The Labute approximate surface area is 271 Å². The van der Waals surface area contributed by atoms with Crippen molar-refractivity contribution in [2.24, 2.45) is 5.73 Å².